The summed E-state index contributed by atoms with van der Waals surface area (Å²) < 4.78 is 0. The zero-order valence-electron chi connectivity index (χ0n) is 14.9. The minimum atomic E-state index is -2.40. The molecule has 0 aliphatic rings. The number of aliphatic hydroxyl groups is 11. The van der Waals surface area contributed by atoms with E-state index >= 15 is 0 Å². The number of aliphatic hydroxyl groups excluding tert-OH is 11. The van der Waals surface area contributed by atoms with Gasteiger partial charge in [0, 0.05) is 0 Å². The Bertz CT molecular complexity index is 465. The molecular formula is C13H24CaO15. The van der Waals surface area contributed by atoms with Crippen LogP contribution in [0.25, 0.3) is 0 Å². The van der Waals surface area contributed by atoms with E-state index < -0.39 is 80.1 Å². The van der Waals surface area contributed by atoms with Crippen molar-refractivity contribution in [1.82, 2.24) is 0 Å². The molecule has 16 heteroatoms. The topological polar surface area (TPSA) is 303 Å². The maximum Gasteiger partial charge on any atom is 2.00 e. The average molecular weight is 460 g/mol. The molecule has 0 saturated carbocycles. The van der Waals surface area contributed by atoms with E-state index in [0.29, 0.717) is 0 Å². The van der Waals surface area contributed by atoms with Gasteiger partial charge >= 0.3 is 37.7 Å². The first kappa shape index (κ1) is 33.4. The molecule has 168 valence electrons. The fourth-order valence-corrected chi connectivity index (χ4v) is 1.53. The van der Waals surface area contributed by atoms with Gasteiger partial charge in [0.1, 0.15) is 54.9 Å². The van der Waals surface area contributed by atoms with Crippen LogP contribution < -0.4 is 10.2 Å². The Morgan fingerprint density at radius 2 is 0.793 bits per heavy atom. The number of rotatable bonds is 11. The predicted molar refractivity (Wildman–Crippen MR) is 84.0 cm³/mol. The van der Waals surface area contributed by atoms with Crippen molar-refractivity contribution in [2.75, 3.05) is 13.2 Å². The molecular weight excluding hydrogens is 436 g/mol. The third-order valence-corrected chi connectivity index (χ3v) is 3.34. The maximum absolute atomic E-state index is 10.1. The number of aliphatic carboxylic acids is 2. The molecule has 0 amide bonds. The van der Waals surface area contributed by atoms with Gasteiger partial charge in [0.15, 0.2) is 0 Å². The quantitative estimate of drug-likeness (QED) is 0.127. The molecule has 0 spiro atoms. The fourth-order valence-electron chi connectivity index (χ4n) is 1.53. The molecule has 0 aliphatic carbocycles. The molecule has 29 heavy (non-hydrogen) atoms. The van der Waals surface area contributed by atoms with E-state index in [2.05, 4.69) is 0 Å². The number of carboxylic acids is 2. The van der Waals surface area contributed by atoms with E-state index in [9.17, 15) is 19.8 Å². The second-order valence-electron chi connectivity index (χ2n) is 5.48. The Morgan fingerprint density at radius 3 is 1.03 bits per heavy atom. The second-order valence-corrected chi connectivity index (χ2v) is 5.48. The Kier molecular flexibility index (Phi) is 18.9. The number of carbonyl (C=O) groups excluding carboxylic acids is 2. The molecule has 0 heterocycles. The summed E-state index contributed by atoms with van der Waals surface area (Å²) in [6, 6.07) is 0. The van der Waals surface area contributed by atoms with Gasteiger partial charge in [0.2, 0.25) is 0 Å². The SMILES string of the molecule is O=C([O-])[C@@H](O)[C@H](O)[C@@H](O)[C@H](O)[C@H](O)CO.O=C([O-])[C@H](O)[C@@H](O)[C@H](O)[C@H](O)CO.[Ca+2]. The summed E-state index contributed by atoms with van der Waals surface area (Å²) >= 11 is 0. The van der Waals surface area contributed by atoms with E-state index in [0.717, 1.165) is 0 Å². The molecule has 0 fully saturated rings. The smallest absolute Gasteiger partial charge is 0.547 e. The Morgan fingerprint density at radius 1 is 0.552 bits per heavy atom. The number of hydrogen-bond acceptors (Lipinski definition) is 15. The molecule has 0 radical (unpaired) electrons. The van der Waals surface area contributed by atoms with Crippen LogP contribution in [0.2, 0.25) is 0 Å². The van der Waals surface area contributed by atoms with Crippen LogP contribution in [0.4, 0.5) is 0 Å². The molecule has 0 aromatic rings. The van der Waals surface area contributed by atoms with Crippen LogP contribution in [0.5, 0.6) is 0 Å². The molecule has 11 N–H and O–H groups in total. The summed E-state index contributed by atoms with van der Waals surface area (Å²) in [7, 11) is 0. The van der Waals surface area contributed by atoms with E-state index in [1.807, 2.05) is 0 Å². The summed E-state index contributed by atoms with van der Waals surface area (Å²) in [4.78, 5) is 20.1. The van der Waals surface area contributed by atoms with Crippen LogP contribution in [0.3, 0.4) is 0 Å². The third kappa shape index (κ3) is 11.7. The molecule has 0 unspecified atom stereocenters. The molecule has 9 atom stereocenters. The molecule has 0 bridgehead atoms. The molecule has 0 rings (SSSR count). The van der Waals surface area contributed by atoms with Gasteiger partial charge in [-0.3, -0.25) is 0 Å². The van der Waals surface area contributed by atoms with Crippen LogP contribution >= 0.6 is 0 Å². The van der Waals surface area contributed by atoms with Crippen LogP contribution in [-0.4, -0.2) is 174 Å². The normalized spacial score (nSPS) is 20.2. The van der Waals surface area contributed by atoms with E-state index in [-0.39, 0.29) is 37.7 Å². The molecule has 0 aromatic carbocycles. The number of hydrogen-bond donors (Lipinski definition) is 11. The van der Waals surface area contributed by atoms with Crippen molar-refractivity contribution in [3.8, 4) is 0 Å². The van der Waals surface area contributed by atoms with Crippen molar-refractivity contribution in [3.05, 3.63) is 0 Å². The Balaban J connectivity index is -0.000000455. The van der Waals surface area contributed by atoms with Gasteiger partial charge in [-0.15, -0.1) is 0 Å². The van der Waals surface area contributed by atoms with E-state index in [1.165, 1.54) is 0 Å². The summed E-state index contributed by atoms with van der Waals surface area (Å²) in [5.74, 6) is -4.01. The first-order valence-electron chi connectivity index (χ1n) is 7.50. The van der Waals surface area contributed by atoms with Gasteiger partial charge in [-0.25, -0.2) is 0 Å². The molecule has 0 aromatic heterocycles. The van der Waals surface area contributed by atoms with Crippen molar-refractivity contribution in [2.24, 2.45) is 0 Å². The van der Waals surface area contributed by atoms with Crippen LogP contribution in [0.15, 0.2) is 0 Å². The van der Waals surface area contributed by atoms with Crippen LogP contribution in [-0.2, 0) is 9.59 Å². The van der Waals surface area contributed by atoms with Gasteiger partial charge in [-0.05, 0) is 0 Å². The van der Waals surface area contributed by atoms with Crippen LogP contribution in [0.1, 0.15) is 0 Å². The van der Waals surface area contributed by atoms with Gasteiger partial charge in [0.05, 0.1) is 25.2 Å². The van der Waals surface area contributed by atoms with Gasteiger partial charge in [-0.2, -0.15) is 0 Å². The Hall–Kier alpha value is -0.240. The van der Waals surface area contributed by atoms with Gasteiger partial charge < -0.3 is 76.0 Å². The summed E-state index contributed by atoms with van der Waals surface area (Å²) in [6.07, 6.45) is -18.6. The standard InChI is InChI=1S/C7H14O8.C6H12O7.Ca/c8-1-2(9)3(10)4(11)5(12)6(13)7(14)15;7-1-2(8)3(9)4(10)5(11)6(12)13;/h2-6,8-13H,1H2,(H,14,15);2-5,7-11H,1H2,(H,12,13);/q;;+2/p-2/t2-,3-,4+,5-,6+;2-,3-,4+,5-;/m11./s1. The summed E-state index contributed by atoms with van der Waals surface area (Å²) in [5, 5.41) is 117. The summed E-state index contributed by atoms with van der Waals surface area (Å²) in [6.45, 7) is -1.76. The first-order valence-corrected chi connectivity index (χ1v) is 7.50. The van der Waals surface area contributed by atoms with Gasteiger partial charge in [-0.1, -0.05) is 0 Å². The predicted octanol–water partition coefficient (Wildman–Crippen LogP) is -10.7. The van der Waals surface area contributed by atoms with Crippen molar-refractivity contribution in [3.63, 3.8) is 0 Å². The molecule has 0 saturated heterocycles. The summed E-state index contributed by atoms with van der Waals surface area (Å²) in [5.41, 5.74) is 0. The minimum absolute atomic E-state index is 0. The van der Waals surface area contributed by atoms with Crippen LogP contribution in [0, 0.1) is 0 Å². The van der Waals surface area contributed by atoms with Crippen molar-refractivity contribution in [2.45, 2.75) is 54.9 Å². The molecule has 15 nitrogen and oxygen atoms in total. The largest absolute Gasteiger partial charge is 2.00 e. The average Bonchev–Trinajstić information content (AvgIpc) is 2.68. The monoisotopic (exact) mass is 460 g/mol. The molecule has 0 aliphatic heterocycles. The van der Waals surface area contributed by atoms with E-state index in [1.54, 1.807) is 0 Å². The van der Waals surface area contributed by atoms with Crippen molar-refractivity contribution >= 4 is 49.7 Å². The zero-order chi connectivity index (χ0) is 22.8. The second kappa shape index (κ2) is 16.5. The van der Waals surface area contributed by atoms with E-state index in [4.69, 9.17) is 56.2 Å². The number of carbonyl (C=O) groups is 2. The van der Waals surface area contributed by atoms with Crippen molar-refractivity contribution in [1.29, 1.82) is 0 Å². The number of carboxylic acid groups (broad SMARTS) is 2. The Labute approximate surface area is 193 Å². The van der Waals surface area contributed by atoms with Gasteiger partial charge in [0.25, 0.3) is 0 Å². The van der Waals surface area contributed by atoms with Crippen molar-refractivity contribution < 1.29 is 76.0 Å². The minimum Gasteiger partial charge on any atom is -0.547 e. The zero-order valence-corrected chi connectivity index (χ0v) is 17.1. The first-order chi connectivity index (χ1) is 12.7. The fraction of sp³-hybridized carbons (Fsp3) is 0.846. The maximum atomic E-state index is 10.1. The third-order valence-electron chi connectivity index (χ3n) is 3.34.